The molecule has 0 bridgehead atoms. The number of nitrogens with zero attached hydrogens (tertiary/aromatic N) is 5. The molecule has 0 fully saturated rings. The second kappa shape index (κ2) is 26.2. The fourth-order valence-corrected chi connectivity index (χ4v) is 12.1. The molecule has 85 heavy (non-hydrogen) atoms. The van der Waals surface area contributed by atoms with Crippen LogP contribution in [0.15, 0.2) is 261 Å². The smallest absolute Gasteiger partial charge is 0.0540 e. The summed E-state index contributed by atoms with van der Waals surface area (Å²) in [5.41, 5.74) is 18.0. The topological polar surface area (TPSA) is 16.2 Å². The quantitative estimate of drug-likeness (QED) is 0.0467. The van der Waals surface area contributed by atoms with Gasteiger partial charge in [-0.25, -0.2) is 0 Å². The lowest BCUT2D eigenvalue weighted by Crippen LogP contribution is -2.25. The van der Waals surface area contributed by atoms with Crippen LogP contribution in [0.2, 0.25) is 0 Å². The van der Waals surface area contributed by atoms with E-state index in [4.69, 9.17) is 0 Å². The Kier molecular flexibility index (Phi) is 17.1. The summed E-state index contributed by atoms with van der Waals surface area (Å²) in [6, 6.07) is 96.0. The second-order valence-corrected chi connectivity index (χ2v) is 22.2. The number of rotatable bonds is 23. The van der Waals surface area contributed by atoms with E-state index in [-0.39, 0.29) is 0 Å². The number of hydrogen-bond donors (Lipinski definition) is 0. The first kappa shape index (κ1) is 55.7. The van der Waals surface area contributed by atoms with Crippen molar-refractivity contribution in [3.63, 3.8) is 0 Å². The zero-order valence-corrected chi connectivity index (χ0v) is 49.5. The maximum absolute atomic E-state index is 2.48. The van der Waals surface area contributed by atoms with Gasteiger partial charge in [0.2, 0.25) is 0 Å². The van der Waals surface area contributed by atoms with E-state index in [1.54, 1.807) is 0 Å². The first-order chi connectivity index (χ1) is 41.9. The van der Waals surface area contributed by atoms with Gasteiger partial charge in [0.1, 0.15) is 0 Å². The molecule has 0 heterocycles. The van der Waals surface area contributed by atoms with Gasteiger partial charge in [-0.05, 0) is 166 Å². The van der Waals surface area contributed by atoms with Gasteiger partial charge in [0, 0.05) is 91.9 Å². The Balaban J connectivity index is 0.885. The van der Waals surface area contributed by atoms with Crippen molar-refractivity contribution >= 4 is 96.4 Å². The van der Waals surface area contributed by atoms with E-state index in [9.17, 15) is 0 Å². The lowest BCUT2D eigenvalue weighted by molar-refractivity contribution is 0.818. The Morgan fingerprint density at radius 2 is 0.576 bits per heavy atom. The third-order valence-corrected chi connectivity index (χ3v) is 16.7. The van der Waals surface area contributed by atoms with E-state index < -0.39 is 0 Å². The van der Waals surface area contributed by atoms with Crippen molar-refractivity contribution in [1.82, 2.24) is 0 Å². The molecule has 0 aliphatic rings. The van der Waals surface area contributed by atoms with Crippen LogP contribution < -0.4 is 24.5 Å². The molecule has 0 aromatic heterocycles. The third kappa shape index (κ3) is 12.9. The lowest BCUT2D eigenvalue weighted by Gasteiger charge is -2.28. The molecule has 0 radical (unpaired) electrons. The lowest BCUT2D eigenvalue weighted by atomic mass is 9.93. The van der Waals surface area contributed by atoms with Crippen LogP contribution in [-0.2, 0) is 26.2 Å². The Morgan fingerprint density at radius 1 is 0.259 bits per heavy atom. The first-order valence-electron chi connectivity index (χ1n) is 30.4. The Morgan fingerprint density at radius 3 is 0.929 bits per heavy atom. The van der Waals surface area contributed by atoms with E-state index >= 15 is 0 Å². The highest BCUT2D eigenvalue weighted by Crippen LogP contribution is 2.44. The molecule has 12 rings (SSSR count). The Bertz CT molecular complexity index is 3830. The van der Waals surface area contributed by atoms with Gasteiger partial charge in [-0.1, -0.05) is 218 Å². The normalized spacial score (nSPS) is 11.6. The Labute approximate surface area is 503 Å². The highest BCUT2D eigenvalue weighted by Gasteiger charge is 2.20. The SMILES string of the molecule is CCN(Cc1ccccc1)c1cc(C=Cc2ccc(N(c3ccc(C=Cc4cc(N(CC)Cc5ccccc5)cc(N(CC)Cc5ccccc5)c4)cc3)c3ccc4ccc5cccc6ccc3c4c56)cc2)cc(N(CC)Cc2ccccc2)c1. The number of hydrogen-bond acceptors (Lipinski definition) is 5. The van der Waals surface area contributed by atoms with Gasteiger partial charge in [0.15, 0.2) is 0 Å². The van der Waals surface area contributed by atoms with E-state index in [0.717, 1.165) is 80.5 Å². The average Bonchev–Trinajstić information content (AvgIpc) is 2.13. The molecule has 0 aliphatic heterocycles. The van der Waals surface area contributed by atoms with Gasteiger partial charge in [-0.3, -0.25) is 0 Å². The maximum Gasteiger partial charge on any atom is 0.0540 e. The van der Waals surface area contributed by atoms with Crippen LogP contribution in [0, 0.1) is 0 Å². The summed E-state index contributed by atoms with van der Waals surface area (Å²) in [5.74, 6) is 0. The minimum Gasteiger partial charge on any atom is -0.367 e. The van der Waals surface area contributed by atoms with Gasteiger partial charge in [0.25, 0.3) is 0 Å². The molecular formula is C80H75N5. The van der Waals surface area contributed by atoms with Gasteiger partial charge >= 0.3 is 0 Å². The van der Waals surface area contributed by atoms with Crippen molar-refractivity contribution < 1.29 is 0 Å². The number of anilines is 7. The molecule has 0 unspecified atom stereocenters. The molecule has 0 amide bonds. The fraction of sp³-hybridized carbons (Fsp3) is 0.150. The molecule has 0 saturated carbocycles. The molecule has 0 N–H and O–H groups in total. The predicted octanol–water partition coefficient (Wildman–Crippen LogP) is 20.5. The van der Waals surface area contributed by atoms with Crippen molar-refractivity contribution in [2.75, 3.05) is 50.7 Å². The van der Waals surface area contributed by atoms with Crippen molar-refractivity contribution in [2.45, 2.75) is 53.9 Å². The summed E-state index contributed by atoms with van der Waals surface area (Å²) in [6.45, 7) is 16.0. The number of benzene rings is 12. The fourth-order valence-electron chi connectivity index (χ4n) is 12.1. The molecule has 12 aromatic rings. The first-order valence-corrected chi connectivity index (χ1v) is 30.4. The van der Waals surface area contributed by atoms with Crippen LogP contribution in [0.25, 0.3) is 56.6 Å². The molecule has 420 valence electrons. The highest BCUT2D eigenvalue weighted by molar-refractivity contribution is 6.25. The van der Waals surface area contributed by atoms with Crippen molar-refractivity contribution in [2.24, 2.45) is 0 Å². The summed E-state index contributed by atoms with van der Waals surface area (Å²) in [4.78, 5) is 12.4. The molecule has 0 saturated heterocycles. The summed E-state index contributed by atoms with van der Waals surface area (Å²) >= 11 is 0. The van der Waals surface area contributed by atoms with Crippen LogP contribution in [0.5, 0.6) is 0 Å². The van der Waals surface area contributed by atoms with Crippen molar-refractivity contribution in [3.05, 3.63) is 305 Å². The summed E-state index contributed by atoms with van der Waals surface area (Å²) in [6.07, 6.45) is 9.09. The molecule has 0 spiro atoms. The van der Waals surface area contributed by atoms with E-state index in [1.165, 1.54) is 88.4 Å². The molecular weight excluding hydrogens is 1030 g/mol. The zero-order valence-electron chi connectivity index (χ0n) is 49.5. The highest BCUT2D eigenvalue weighted by atomic mass is 15.2. The van der Waals surface area contributed by atoms with Crippen molar-refractivity contribution in [1.29, 1.82) is 0 Å². The summed E-state index contributed by atoms with van der Waals surface area (Å²) < 4.78 is 0. The van der Waals surface area contributed by atoms with Crippen LogP contribution in [0.1, 0.15) is 72.2 Å². The Hall–Kier alpha value is -9.84. The van der Waals surface area contributed by atoms with E-state index in [0.29, 0.717) is 0 Å². The minimum atomic E-state index is 0.843. The third-order valence-electron chi connectivity index (χ3n) is 16.7. The monoisotopic (exact) mass is 1110 g/mol. The van der Waals surface area contributed by atoms with Crippen LogP contribution in [0.3, 0.4) is 0 Å². The molecule has 12 aromatic carbocycles. The predicted molar refractivity (Wildman–Crippen MR) is 368 cm³/mol. The molecule has 0 aliphatic carbocycles. The van der Waals surface area contributed by atoms with Gasteiger partial charge in [-0.15, -0.1) is 0 Å². The van der Waals surface area contributed by atoms with E-state index in [1.807, 2.05) is 0 Å². The molecule has 5 nitrogen and oxygen atoms in total. The average molecular weight is 1110 g/mol. The second-order valence-electron chi connectivity index (χ2n) is 22.2. The molecule has 0 atom stereocenters. The van der Waals surface area contributed by atoms with Gasteiger partial charge in [-0.2, -0.15) is 0 Å². The van der Waals surface area contributed by atoms with Crippen molar-refractivity contribution in [3.8, 4) is 0 Å². The van der Waals surface area contributed by atoms with E-state index in [2.05, 4.69) is 337 Å². The van der Waals surface area contributed by atoms with Crippen LogP contribution in [0.4, 0.5) is 39.8 Å². The largest absolute Gasteiger partial charge is 0.367 e. The van der Waals surface area contributed by atoms with Crippen LogP contribution >= 0.6 is 0 Å². The molecule has 5 heteroatoms. The summed E-state index contributed by atoms with van der Waals surface area (Å²) in [5, 5.41) is 7.61. The van der Waals surface area contributed by atoms with Crippen LogP contribution in [-0.4, -0.2) is 26.2 Å². The summed E-state index contributed by atoms with van der Waals surface area (Å²) in [7, 11) is 0. The van der Waals surface area contributed by atoms with Gasteiger partial charge in [0.05, 0.1) is 5.69 Å². The standard InChI is InChI=1S/C80H75N5/c1-5-81(56-62-22-13-9-14-23-62)73-50-66(51-74(54-73)82(6-2)57-63-24-15-10-16-25-63)34-32-60-36-44-71(45-37-60)85(78-49-43-70-41-40-68-30-21-31-69-42-48-77(78)80(70)79(68)69)72-46-38-61(39-47-72)33-35-67-52-75(83(7-3)58-64-26-17-11-18-27-64)55-76(53-67)84(8-4)59-65-28-19-12-20-29-65/h9-55H,5-8,56-59H2,1-4H3. The zero-order chi connectivity index (χ0) is 57.9. The van der Waals surface area contributed by atoms with Gasteiger partial charge < -0.3 is 24.5 Å². The minimum absolute atomic E-state index is 0.843. The maximum atomic E-state index is 2.48.